The molecule has 1 heterocycles. The van der Waals surface area contributed by atoms with E-state index in [1.807, 2.05) is 13.0 Å². The summed E-state index contributed by atoms with van der Waals surface area (Å²) < 4.78 is 0. The van der Waals surface area contributed by atoms with Gasteiger partial charge in [-0.25, -0.2) is 4.98 Å². The SMILES string of the molecule is CCc1cc(C(=O)NC(CC)(CC)CC)cc(Cl)n1. The summed E-state index contributed by atoms with van der Waals surface area (Å²) in [5.74, 6) is -0.0652. The molecule has 19 heavy (non-hydrogen) atoms. The molecule has 0 atom stereocenters. The van der Waals surface area contributed by atoms with E-state index in [9.17, 15) is 4.79 Å². The summed E-state index contributed by atoms with van der Waals surface area (Å²) in [5, 5.41) is 3.52. The number of amides is 1. The van der Waals surface area contributed by atoms with Crippen molar-refractivity contribution in [2.24, 2.45) is 0 Å². The smallest absolute Gasteiger partial charge is 0.251 e. The number of hydrogen-bond acceptors (Lipinski definition) is 2. The maximum absolute atomic E-state index is 12.4. The molecule has 0 saturated heterocycles. The minimum atomic E-state index is -0.126. The van der Waals surface area contributed by atoms with Crippen molar-refractivity contribution in [3.8, 4) is 0 Å². The molecular formula is C15H23ClN2O. The van der Waals surface area contributed by atoms with Gasteiger partial charge < -0.3 is 5.32 Å². The molecule has 0 unspecified atom stereocenters. The first-order chi connectivity index (χ1) is 9.00. The largest absolute Gasteiger partial charge is 0.347 e. The van der Waals surface area contributed by atoms with E-state index in [2.05, 4.69) is 31.1 Å². The van der Waals surface area contributed by atoms with Crippen molar-refractivity contribution >= 4 is 17.5 Å². The van der Waals surface area contributed by atoms with Gasteiger partial charge in [0.25, 0.3) is 5.91 Å². The Morgan fingerprint density at radius 3 is 2.26 bits per heavy atom. The van der Waals surface area contributed by atoms with E-state index in [1.165, 1.54) is 0 Å². The van der Waals surface area contributed by atoms with Crippen LogP contribution in [0.15, 0.2) is 12.1 Å². The van der Waals surface area contributed by atoms with Crippen LogP contribution in [-0.2, 0) is 6.42 Å². The second-order valence-electron chi connectivity index (χ2n) is 4.82. The van der Waals surface area contributed by atoms with Gasteiger partial charge in [-0.3, -0.25) is 4.79 Å². The van der Waals surface area contributed by atoms with Crippen molar-refractivity contribution in [1.82, 2.24) is 10.3 Å². The van der Waals surface area contributed by atoms with Crippen molar-refractivity contribution in [1.29, 1.82) is 0 Å². The zero-order chi connectivity index (χ0) is 14.5. The minimum absolute atomic E-state index is 0.0652. The minimum Gasteiger partial charge on any atom is -0.347 e. The molecule has 0 radical (unpaired) electrons. The molecule has 4 heteroatoms. The third-order valence-corrected chi connectivity index (χ3v) is 4.07. The Morgan fingerprint density at radius 2 is 1.79 bits per heavy atom. The van der Waals surface area contributed by atoms with Crippen LogP contribution in [0, 0.1) is 0 Å². The number of aromatic nitrogens is 1. The lowest BCUT2D eigenvalue weighted by Gasteiger charge is -2.31. The van der Waals surface area contributed by atoms with Gasteiger partial charge in [-0.2, -0.15) is 0 Å². The summed E-state index contributed by atoms with van der Waals surface area (Å²) in [7, 11) is 0. The second-order valence-corrected chi connectivity index (χ2v) is 5.21. The van der Waals surface area contributed by atoms with Crippen molar-refractivity contribution in [3.05, 3.63) is 28.5 Å². The van der Waals surface area contributed by atoms with E-state index in [0.29, 0.717) is 10.7 Å². The van der Waals surface area contributed by atoms with E-state index in [4.69, 9.17) is 11.6 Å². The molecule has 1 aromatic rings. The predicted molar refractivity (Wildman–Crippen MR) is 79.7 cm³/mol. The number of aryl methyl sites for hydroxylation is 1. The standard InChI is InChI=1S/C15H23ClN2O/c1-5-12-9-11(10-13(16)17-12)14(19)18-15(6-2,7-3)8-4/h9-10H,5-8H2,1-4H3,(H,18,19). The summed E-state index contributed by atoms with van der Waals surface area (Å²) in [6, 6.07) is 3.44. The number of carbonyl (C=O) groups is 1. The Balaban J connectivity index is 2.97. The Labute approximate surface area is 120 Å². The fourth-order valence-corrected chi connectivity index (χ4v) is 2.42. The number of hydrogen-bond donors (Lipinski definition) is 1. The van der Waals surface area contributed by atoms with E-state index >= 15 is 0 Å². The zero-order valence-corrected chi connectivity index (χ0v) is 13.0. The lowest BCUT2D eigenvalue weighted by Crippen LogP contribution is -2.47. The molecule has 0 fully saturated rings. The third kappa shape index (κ3) is 3.93. The molecule has 1 rings (SSSR count). The highest BCUT2D eigenvalue weighted by molar-refractivity contribution is 6.29. The topological polar surface area (TPSA) is 42.0 Å². The number of nitrogens with zero attached hydrogens (tertiary/aromatic N) is 1. The van der Waals surface area contributed by atoms with Crippen LogP contribution in [0.4, 0.5) is 0 Å². The van der Waals surface area contributed by atoms with Gasteiger partial charge in [-0.1, -0.05) is 39.3 Å². The Bertz CT molecular complexity index is 434. The van der Waals surface area contributed by atoms with Crippen molar-refractivity contribution in [3.63, 3.8) is 0 Å². The fourth-order valence-electron chi connectivity index (χ4n) is 2.19. The lowest BCUT2D eigenvalue weighted by molar-refractivity contribution is 0.0888. The van der Waals surface area contributed by atoms with Crippen LogP contribution in [0.2, 0.25) is 5.15 Å². The van der Waals surface area contributed by atoms with Crippen LogP contribution in [0.5, 0.6) is 0 Å². The molecule has 1 aromatic heterocycles. The second kappa shape index (κ2) is 6.90. The summed E-state index contributed by atoms with van der Waals surface area (Å²) in [5.41, 5.74) is 1.31. The monoisotopic (exact) mass is 282 g/mol. The highest BCUT2D eigenvalue weighted by atomic mass is 35.5. The van der Waals surface area contributed by atoms with Crippen LogP contribution in [0.25, 0.3) is 0 Å². The quantitative estimate of drug-likeness (QED) is 0.802. The summed E-state index contributed by atoms with van der Waals surface area (Å²) in [4.78, 5) is 16.5. The summed E-state index contributed by atoms with van der Waals surface area (Å²) in [6.45, 7) is 8.30. The van der Waals surface area contributed by atoms with Gasteiger partial charge in [-0.05, 0) is 37.8 Å². The van der Waals surface area contributed by atoms with Gasteiger partial charge in [0.1, 0.15) is 5.15 Å². The summed E-state index contributed by atoms with van der Waals surface area (Å²) >= 11 is 5.95. The molecule has 1 N–H and O–H groups in total. The van der Waals surface area contributed by atoms with E-state index < -0.39 is 0 Å². The number of nitrogens with one attached hydrogen (secondary N) is 1. The van der Waals surface area contributed by atoms with Crippen LogP contribution in [-0.4, -0.2) is 16.4 Å². The van der Waals surface area contributed by atoms with Gasteiger partial charge in [0.05, 0.1) is 0 Å². The average molecular weight is 283 g/mol. The first-order valence-electron chi connectivity index (χ1n) is 6.99. The van der Waals surface area contributed by atoms with Gasteiger partial charge in [-0.15, -0.1) is 0 Å². The molecule has 3 nitrogen and oxygen atoms in total. The Hall–Kier alpha value is -1.09. The van der Waals surface area contributed by atoms with Crippen molar-refractivity contribution < 1.29 is 4.79 Å². The predicted octanol–water partition coefficient (Wildman–Crippen LogP) is 4.00. The van der Waals surface area contributed by atoms with Gasteiger partial charge in [0, 0.05) is 16.8 Å². The molecule has 0 aliphatic heterocycles. The van der Waals surface area contributed by atoms with Crippen LogP contribution in [0.1, 0.15) is 63.0 Å². The number of rotatable bonds is 6. The molecular weight excluding hydrogens is 260 g/mol. The summed E-state index contributed by atoms with van der Waals surface area (Å²) in [6.07, 6.45) is 3.53. The molecule has 106 valence electrons. The first-order valence-corrected chi connectivity index (χ1v) is 7.37. The van der Waals surface area contributed by atoms with E-state index in [-0.39, 0.29) is 11.4 Å². The third-order valence-electron chi connectivity index (χ3n) is 3.88. The number of pyridine rings is 1. The fraction of sp³-hybridized carbons (Fsp3) is 0.600. The molecule has 0 aliphatic carbocycles. The van der Waals surface area contributed by atoms with E-state index in [0.717, 1.165) is 31.4 Å². The van der Waals surface area contributed by atoms with Gasteiger partial charge >= 0.3 is 0 Å². The zero-order valence-electron chi connectivity index (χ0n) is 12.2. The Kier molecular flexibility index (Phi) is 5.80. The first kappa shape index (κ1) is 16.0. The number of halogens is 1. The van der Waals surface area contributed by atoms with Gasteiger partial charge in [0.15, 0.2) is 0 Å². The van der Waals surface area contributed by atoms with Crippen LogP contribution < -0.4 is 5.32 Å². The molecule has 0 saturated carbocycles. The Morgan fingerprint density at radius 1 is 1.21 bits per heavy atom. The number of carbonyl (C=O) groups excluding carboxylic acids is 1. The normalized spacial score (nSPS) is 11.4. The van der Waals surface area contributed by atoms with Crippen LogP contribution in [0.3, 0.4) is 0 Å². The molecule has 0 spiro atoms. The lowest BCUT2D eigenvalue weighted by atomic mass is 9.89. The van der Waals surface area contributed by atoms with Crippen molar-refractivity contribution in [2.45, 2.75) is 58.9 Å². The maximum atomic E-state index is 12.4. The molecule has 1 amide bonds. The van der Waals surface area contributed by atoms with Crippen LogP contribution >= 0.6 is 11.6 Å². The van der Waals surface area contributed by atoms with Gasteiger partial charge in [0.2, 0.25) is 0 Å². The highest BCUT2D eigenvalue weighted by Gasteiger charge is 2.26. The molecule has 0 aromatic carbocycles. The van der Waals surface area contributed by atoms with Crippen molar-refractivity contribution in [2.75, 3.05) is 0 Å². The highest BCUT2D eigenvalue weighted by Crippen LogP contribution is 2.20. The molecule has 0 bridgehead atoms. The van der Waals surface area contributed by atoms with E-state index in [1.54, 1.807) is 6.07 Å². The average Bonchev–Trinajstić information content (AvgIpc) is 2.44. The maximum Gasteiger partial charge on any atom is 0.251 e. The molecule has 0 aliphatic rings.